The minimum absolute atomic E-state index is 0.00540. The van der Waals surface area contributed by atoms with Gasteiger partial charge in [0, 0.05) is 30.8 Å². The highest BCUT2D eigenvalue weighted by Crippen LogP contribution is 2.60. The average Bonchev–Trinajstić information content (AvgIpc) is 3.04. The lowest BCUT2D eigenvalue weighted by molar-refractivity contribution is -0.164. The number of esters is 1. The van der Waals surface area contributed by atoms with E-state index in [1.165, 1.54) is 7.11 Å². The lowest BCUT2D eigenvalue weighted by Gasteiger charge is -2.58. The Hall–Kier alpha value is -2.12. The van der Waals surface area contributed by atoms with E-state index in [1.807, 2.05) is 6.07 Å². The first-order valence-corrected chi connectivity index (χ1v) is 10.8. The van der Waals surface area contributed by atoms with Crippen LogP contribution in [0.3, 0.4) is 0 Å². The molecule has 7 heteroatoms. The number of ether oxygens (including phenoxy) is 3. The van der Waals surface area contributed by atoms with E-state index >= 15 is 0 Å². The molecule has 6 atom stereocenters. The van der Waals surface area contributed by atoms with Crippen LogP contribution in [0.4, 0.5) is 5.69 Å². The van der Waals surface area contributed by atoms with Crippen molar-refractivity contribution in [3.05, 3.63) is 17.7 Å². The smallest absolute Gasteiger partial charge is 0.319 e. The third-order valence-electron chi connectivity index (χ3n) is 7.91. The van der Waals surface area contributed by atoms with E-state index in [0.29, 0.717) is 53.1 Å². The minimum atomic E-state index is -1.32. The molecule has 5 aliphatic rings. The highest BCUT2D eigenvalue weighted by molar-refractivity contribution is 6.15. The summed E-state index contributed by atoms with van der Waals surface area (Å²) >= 11 is 0. The molecular formula is C23H30N2O5. The first-order chi connectivity index (χ1) is 14.4. The number of aliphatic imine (C=N–C) groups is 1. The van der Waals surface area contributed by atoms with Gasteiger partial charge in [0.2, 0.25) is 0 Å². The van der Waals surface area contributed by atoms with Crippen molar-refractivity contribution in [3.8, 4) is 11.5 Å². The Morgan fingerprint density at radius 1 is 1.27 bits per heavy atom. The van der Waals surface area contributed by atoms with Gasteiger partial charge in [0.05, 0.1) is 32.7 Å². The number of nitrogens with zero attached hydrogens (tertiary/aromatic N) is 2. The van der Waals surface area contributed by atoms with Gasteiger partial charge in [-0.2, -0.15) is 0 Å². The highest BCUT2D eigenvalue weighted by Gasteiger charge is 2.68. The minimum Gasteiger partial charge on any atom is -0.493 e. The fourth-order valence-electron chi connectivity index (χ4n) is 6.81. The summed E-state index contributed by atoms with van der Waals surface area (Å²) in [5.41, 5.74) is -0.350. The number of carbonyl (C=O) groups excluding carboxylic acids is 1. The predicted octanol–water partition coefficient (Wildman–Crippen LogP) is 2.66. The van der Waals surface area contributed by atoms with Crippen LogP contribution in [0, 0.1) is 17.3 Å². The largest absolute Gasteiger partial charge is 0.493 e. The number of benzene rings is 1. The van der Waals surface area contributed by atoms with Gasteiger partial charge in [-0.05, 0) is 37.2 Å². The standard InChI is InChI=1S/C23H30N2O5/c1-5-14-8-13-11-22(21(26)30-4)19(14)25(12-13)7-6-23(27)15-9-17(28-2)18(29-3)10-16(15)24-20(22)23/h9-10,13-14,19,27H,5-8,11-12H2,1-4H3. The van der Waals surface area contributed by atoms with Crippen molar-refractivity contribution in [1.29, 1.82) is 0 Å². The molecule has 6 unspecified atom stereocenters. The molecule has 3 saturated heterocycles. The number of hydrogen-bond donors (Lipinski definition) is 1. The summed E-state index contributed by atoms with van der Waals surface area (Å²) in [6.45, 7) is 3.89. The van der Waals surface area contributed by atoms with Crippen LogP contribution in [0.5, 0.6) is 11.5 Å². The molecule has 1 aliphatic carbocycles. The van der Waals surface area contributed by atoms with Crippen LogP contribution in [-0.2, 0) is 15.1 Å². The Balaban J connectivity index is 1.75. The Morgan fingerprint density at radius 2 is 2.00 bits per heavy atom. The zero-order valence-corrected chi connectivity index (χ0v) is 18.1. The van der Waals surface area contributed by atoms with Crippen molar-refractivity contribution in [2.45, 2.75) is 44.2 Å². The molecular weight excluding hydrogens is 384 g/mol. The normalized spacial score (nSPS) is 38.2. The fourth-order valence-corrected chi connectivity index (χ4v) is 6.81. The van der Waals surface area contributed by atoms with Gasteiger partial charge in [-0.15, -0.1) is 0 Å². The number of piperidine rings is 2. The van der Waals surface area contributed by atoms with E-state index in [1.54, 1.807) is 20.3 Å². The van der Waals surface area contributed by atoms with Crippen LogP contribution in [-0.4, -0.2) is 62.1 Å². The zero-order valence-electron chi connectivity index (χ0n) is 18.1. The maximum atomic E-state index is 13.5. The molecule has 7 nitrogen and oxygen atoms in total. The van der Waals surface area contributed by atoms with Gasteiger partial charge in [0.15, 0.2) is 11.5 Å². The SMILES string of the molecule is CCC1CC2CN3CCC4(O)C(=Nc5cc(OC)c(OC)cc54)C(C(=O)OC)(C2)C13. The fraction of sp³-hybridized carbons (Fsp3) is 0.652. The van der Waals surface area contributed by atoms with Crippen molar-refractivity contribution in [2.75, 3.05) is 34.4 Å². The molecule has 4 aliphatic heterocycles. The van der Waals surface area contributed by atoms with Crippen LogP contribution in [0.25, 0.3) is 0 Å². The lowest BCUT2D eigenvalue weighted by Crippen LogP contribution is -2.68. The van der Waals surface area contributed by atoms with E-state index in [4.69, 9.17) is 19.2 Å². The number of methoxy groups -OCH3 is 3. The third kappa shape index (κ3) is 2.33. The van der Waals surface area contributed by atoms with Gasteiger partial charge in [0.1, 0.15) is 11.0 Å². The molecule has 1 aromatic rings. The van der Waals surface area contributed by atoms with E-state index in [-0.39, 0.29) is 12.0 Å². The molecule has 0 amide bonds. The topological polar surface area (TPSA) is 80.6 Å². The first-order valence-electron chi connectivity index (χ1n) is 10.8. The van der Waals surface area contributed by atoms with E-state index in [9.17, 15) is 9.90 Å². The van der Waals surface area contributed by atoms with Crippen molar-refractivity contribution >= 4 is 17.4 Å². The van der Waals surface area contributed by atoms with Crippen molar-refractivity contribution in [1.82, 2.24) is 4.90 Å². The van der Waals surface area contributed by atoms with Crippen molar-refractivity contribution < 1.29 is 24.1 Å². The number of fused-ring (bicyclic) bond motifs is 4. The maximum Gasteiger partial charge on any atom is 0.319 e. The van der Waals surface area contributed by atoms with E-state index in [0.717, 1.165) is 25.9 Å². The summed E-state index contributed by atoms with van der Waals surface area (Å²) < 4.78 is 16.4. The van der Waals surface area contributed by atoms with Crippen LogP contribution in [0.2, 0.25) is 0 Å². The number of hydrogen-bond acceptors (Lipinski definition) is 7. The second-order valence-electron chi connectivity index (χ2n) is 9.17. The van der Waals surface area contributed by atoms with Crippen molar-refractivity contribution in [3.63, 3.8) is 0 Å². The average molecular weight is 415 g/mol. The van der Waals surface area contributed by atoms with Gasteiger partial charge in [-0.3, -0.25) is 14.7 Å². The second kappa shape index (κ2) is 6.69. The Bertz CT molecular complexity index is 930. The first kappa shape index (κ1) is 19.8. The molecule has 4 fully saturated rings. The van der Waals surface area contributed by atoms with Gasteiger partial charge in [-0.1, -0.05) is 13.3 Å². The van der Waals surface area contributed by atoms with Gasteiger partial charge < -0.3 is 19.3 Å². The molecule has 30 heavy (non-hydrogen) atoms. The van der Waals surface area contributed by atoms with Gasteiger partial charge in [-0.25, -0.2) is 0 Å². The summed E-state index contributed by atoms with van der Waals surface area (Å²) in [4.78, 5) is 20.9. The molecule has 0 radical (unpaired) electrons. The summed E-state index contributed by atoms with van der Waals surface area (Å²) in [5, 5.41) is 12.1. The van der Waals surface area contributed by atoms with Gasteiger partial charge in [0.25, 0.3) is 0 Å². The van der Waals surface area contributed by atoms with Crippen LogP contribution < -0.4 is 9.47 Å². The highest BCUT2D eigenvalue weighted by atomic mass is 16.5. The van der Waals surface area contributed by atoms with Crippen molar-refractivity contribution in [2.24, 2.45) is 22.2 Å². The van der Waals surface area contributed by atoms with Crippen LogP contribution >= 0.6 is 0 Å². The number of rotatable bonds is 4. The molecule has 1 aromatic carbocycles. The van der Waals surface area contributed by atoms with Crippen LogP contribution in [0.15, 0.2) is 17.1 Å². The Morgan fingerprint density at radius 3 is 2.67 bits per heavy atom. The maximum absolute atomic E-state index is 13.5. The summed E-state index contributed by atoms with van der Waals surface area (Å²) in [7, 11) is 4.61. The van der Waals surface area contributed by atoms with E-state index in [2.05, 4.69) is 11.8 Å². The molecule has 1 N–H and O–H groups in total. The number of carbonyl (C=O) groups is 1. The van der Waals surface area contributed by atoms with Gasteiger partial charge >= 0.3 is 5.97 Å². The Labute approximate surface area is 177 Å². The molecule has 0 aromatic heterocycles. The molecule has 1 saturated carbocycles. The molecule has 0 spiro atoms. The molecule has 162 valence electrons. The summed E-state index contributed by atoms with van der Waals surface area (Å²) in [5.74, 6) is 1.62. The monoisotopic (exact) mass is 414 g/mol. The zero-order chi connectivity index (χ0) is 21.3. The summed E-state index contributed by atoms with van der Waals surface area (Å²) in [6.07, 6.45) is 3.29. The predicted molar refractivity (Wildman–Crippen MR) is 111 cm³/mol. The summed E-state index contributed by atoms with van der Waals surface area (Å²) in [6, 6.07) is 3.62. The van der Waals surface area contributed by atoms with E-state index < -0.39 is 11.0 Å². The third-order valence-corrected chi connectivity index (χ3v) is 7.91. The molecule has 4 bridgehead atoms. The second-order valence-corrected chi connectivity index (χ2v) is 9.17. The quantitative estimate of drug-likeness (QED) is 0.763. The molecule has 6 rings (SSSR count). The lowest BCUT2D eigenvalue weighted by atomic mass is 9.54. The number of aliphatic hydroxyl groups is 1. The molecule has 4 heterocycles. The van der Waals surface area contributed by atoms with Crippen LogP contribution in [0.1, 0.15) is 38.2 Å². The Kier molecular flexibility index (Phi) is 4.42.